The van der Waals surface area contributed by atoms with Crippen molar-refractivity contribution in [3.05, 3.63) is 139 Å². The van der Waals surface area contributed by atoms with Crippen molar-refractivity contribution >= 4 is 49.4 Å². The molecule has 5 aromatic heterocycles. The highest BCUT2D eigenvalue weighted by Gasteiger charge is 2.23. The van der Waals surface area contributed by atoms with Gasteiger partial charge in [0.1, 0.15) is 22.8 Å². The SMILES string of the molecule is c1ccc(-c2cn3c4cccnc4c4ccc(Oc5ccc6c(c5)-n5c7ncccc7c7cccc(c75)C6)cc4c3n2)cc1. The zero-order chi connectivity index (χ0) is 28.8. The lowest BCUT2D eigenvalue weighted by atomic mass is 9.97. The quantitative estimate of drug-likeness (QED) is 0.201. The summed E-state index contributed by atoms with van der Waals surface area (Å²) in [6.45, 7) is 0. The summed E-state index contributed by atoms with van der Waals surface area (Å²) >= 11 is 0. The molecule has 9 aromatic rings. The van der Waals surface area contributed by atoms with Crippen molar-refractivity contribution < 1.29 is 4.74 Å². The molecular formula is C38H23N5O. The highest BCUT2D eigenvalue weighted by Crippen LogP contribution is 2.41. The highest BCUT2D eigenvalue weighted by atomic mass is 16.5. The van der Waals surface area contributed by atoms with E-state index < -0.39 is 0 Å². The van der Waals surface area contributed by atoms with Gasteiger partial charge in [-0.05, 0) is 59.7 Å². The van der Waals surface area contributed by atoms with Crippen LogP contribution >= 0.6 is 0 Å². The molecule has 0 unspecified atom stereocenters. The Hall–Kier alpha value is -6.01. The molecule has 0 bridgehead atoms. The van der Waals surface area contributed by atoms with E-state index in [9.17, 15) is 0 Å². The lowest BCUT2D eigenvalue weighted by Gasteiger charge is -2.21. The number of pyridine rings is 3. The maximum absolute atomic E-state index is 6.59. The number of fused-ring (bicyclic) bond motifs is 11. The number of rotatable bonds is 3. The first-order valence-corrected chi connectivity index (χ1v) is 14.7. The van der Waals surface area contributed by atoms with Crippen molar-refractivity contribution in [2.45, 2.75) is 6.42 Å². The van der Waals surface area contributed by atoms with Crippen molar-refractivity contribution in [1.82, 2.24) is 23.9 Å². The van der Waals surface area contributed by atoms with E-state index in [0.717, 1.165) is 73.4 Å². The summed E-state index contributed by atoms with van der Waals surface area (Å²) in [5, 5.41) is 4.43. The van der Waals surface area contributed by atoms with Gasteiger partial charge in [-0.2, -0.15) is 0 Å². The average molecular weight is 566 g/mol. The van der Waals surface area contributed by atoms with Gasteiger partial charge in [-0.15, -0.1) is 0 Å². The second-order valence-electron chi connectivity index (χ2n) is 11.4. The molecule has 44 heavy (non-hydrogen) atoms. The third-order valence-electron chi connectivity index (χ3n) is 8.85. The number of para-hydroxylation sites is 1. The lowest BCUT2D eigenvalue weighted by Crippen LogP contribution is -2.08. The van der Waals surface area contributed by atoms with E-state index in [-0.39, 0.29) is 0 Å². The zero-order valence-corrected chi connectivity index (χ0v) is 23.5. The molecule has 6 heterocycles. The van der Waals surface area contributed by atoms with E-state index in [0.29, 0.717) is 0 Å². The van der Waals surface area contributed by atoms with Crippen LogP contribution in [0.15, 0.2) is 128 Å². The highest BCUT2D eigenvalue weighted by molar-refractivity contribution is 6.11. The molecule has 1 aliphatic rings. The van der Waals surface area contributed by atoms with Gasteiger partial charge in [-0.25, -0.2) is 9.97 Å². The number of ether oxygens (including phenoxy) is 1. The van der Waals surface area contributed by atoms with Gasteiger partial charge >= 0.3 is 0 Å². The molecule has 6 heteroatoms. The monoisotopic (exact) mass is 565 g/mol. The van der Waals surface area contributed by atoms with Gasteiger partial charge in [0.15, 0.2) is 0 Å². The van der Waals surface area contributed by atoms with Crippen LogP contribution in [0.3, 0.4) is 0 Å². The molecular weight excluding hydrogens is 542 g/mol. The minimum atomic E-state index is 0.746. The van der Waals surface area contributed by atoms with Gasteiger partial charge in [0.25, 0.3) is 0 Å². The van der Waals surface area contributed by atoms with Crippen LogP contribution in [0.4, 0.5) is 0 Å². The molecule has 0 amide bonds. The number of benzene rings is 4. The Labute approximate surface area is 251 Å². The third-order valence-corrected chi connectivity index (χ3v) is 8.85. The fraction of sp³-hybridized carbons (Fsp3) is 0.0263. The minimum Gasteiger partial charge on any atom is -0.457 e. The first-order valence-electron chi connectivity index (χ1n) is 14.7. The second kappa shape index (κ2) is 8.75. The summed E-state index contributed by atoms with van der Waals surface area (Å²) in [6, 6.07) is 37.7. The summed E-state index contributed by atoms with van der Waals surface area (Å²) in [5.41, 5.74) is 10.7. The maximum Gasteiger partial charge on any atom is 0.146 e. The van der Waals surface area contributed by atoms with Crippen LogP contribution in [0.2, 0.25) is 0 Å². The molecule has 10 rings (SSSR count). The predicted octanol–water partition coefficient (Wildman–Crippen LogP) is 8.89. The molecule has 6 nitrogen and oxygen atoms in total. The van der Waals surface area contributed by atoms with Crippen molar-refractivity contribution in [1.29, 1.82) is 0 Å². The molecule has 0 fully saturated rings. The summed E-state index contributed by atoms with van der Waals surface area (Å²) in [6.07, 6.45) is 6.68. The van der Waals surface area contributed by atoms with Crippen LogP contribution in [-0.4, -0.2) is 23.9 Å². The largest absolute Gasteiger partial charge is 0.457 e. The Kier molecular flexibility index (Phi) is 4.68. The van der Waals surface area contributed by atoms with Crippen molar-refractivity contribution in [2.24, 2.45) is 0 Å². The Morgan fingerprint density at radius 1 is 0.614 bits per heavy atom. The minimum absolute atomic E-state index is 0.746. The fourth-order valence-corrected chi connectivity index (χ4v) is 6.93. The molecule has 0 radical (unpaired) electrons. The number of imidazole rings is 1. The maximum atomic E-state index is 6.59. The molecule has 1 aliphatic heterocycles. The molecule has 0 saturated carbocycles. The van der Waals surface area contributed by atoms with Gasteiger partial charge in [-0.1, -0.05) is 54.6 Å². The van der Waals surface area contributed by atoms with Crippen LogP contribution in [-0.2, 0) is 6.42 Å². The molecule has 0 aliphatic carbocycles. The van der Waals surface area contributed by atoms with Crippen molar-refractivity contribution in [3.8, 4) is 28.4 Å². The first kappa shape index (κ1) is 23.5. The van der Waals surface area contributed by atoms with Gasteiger partial charge in [-0.3, -0.25) is 14.0 Å². The van der Waals surface area contributed by atoms with Crippen LogP contribution in [0.25, 0.3) is 66.3 Å². The number of hydrogen-bond donors (Lipinski definition) is 0. The summed E-state index contributed by atoms with van der Waals surface area (Å²) in [7, 11) is 0. The Bertz CT molecular complexity index is 2620. The molecule has 206 valence electrons. The van der Waals surface area contributed by atoms with E-state index in [1.165, 1.54) is 22.0 Å². The van der Waals surface area contributed by atoms with E-state index in [2.05, 4.69) is 88.0 Å². The van der Waals surface area contributed by atoms with Crippen molar-refractivity contribution in [2.75, 3.05) is 0 Å². The third kappa shape index (κ3) is 3.28. The van der Waals surface area contributed by atoms with Crippen LogP contribution in [0.5, 0.6) is 11.5 Å². The molecule has 0 spiro atoms. The predicted molar refractivity (Wildman–Crippen MR) is 175 cm³/mol. The Balaban J connectivity index is 1.13. The van der Waals surface area contributed by atoms with Gasteiger partial charge < -0.3 is 4.74 Å². The second-order valence-corrected chi connectivity index (χ2v) is 11.4. The van der Waals surface area contributed by atoms with Crippen LogP contribution in [0, 0.1) is 0 Å². The summed E-state index contributed by atoms with van der Waals surface area (Å²) in [4.78, 5) is 14.7. The topological polar surface area (TPSA) is 57.2 Å². The van der Waals surface area contributed by atoms with E-state index in [1.54, 1.807) is 0 Å². The lowest BCUT2D eigenvalue weighted by molar-refractivity contribution is 0.483. The summed E-state index contributed by atoms with van der Waals surface area (Å²) < 4.78 is 11.0. The zero-order valence-electron chi connectivity index (χ0n) is 23.5. The molecule has 0 N–H and O–H groups in total. The Morgan fingerprint density at radius 2 is 1.45 bits per heavy atom. The van der Waals surface area contributed by atoms with Gasteiger partial charge in [0, 0.05) is 58.2 Å². The number of nitrogens with zero attached hydrogens (tertiary/aromatic N) is 5. The van der Waals surface area contributed by atoms with Gasteiger partial charge in [0.2, 0.25) is 0 Å². The fourth-order valence-electron chi connectivity index (χ4n) is 6.93. The van der Waals surface area contributed by atoms with E-state index in [4.69, 9.17) is 19.7 Å². The molecule has 4 aromatic carbocycles. The normalized spacial score (nSPS) is 12.5. The number of hydrogen-bond acceptors (Lipinski definition) is 4. The van der Waals surface area contributed by atoms with Gasteiger partial charge in [0.05, 0.1) is 27.9 Å². The van der Waals surface area contributed by atoms with Crippen molar-refractivity contribution in [3.63, 3.8) is 0 Å². The average Bonchev–Trinajstić information content (AvgIpc) is 3.68. The van der Waals surface area contributed by atoms with E-state index >= 15 is 0 Å². The standard InChI is InChI=1S/C38H23N5O/c1-2-7-23(8-3-1)32-22-42-33-12-6-17-39-35(33)28-16-15-26(20-31(28)38(42)41-32)44-27-14-13-24-19-25-9-4-10-29-30-11-5-18-40-37(30)43(36(25)29)34(24)21-27/h1-18,20-22H,19H2. The Morgan fingerprint density at radius 3 is 2.41 bits per heavy atom. The van der Waals surface area contributed by atoms with Crippen LogP contribution < -0.4 is 4.74 Å². The summed E-state index contributed by atoms with van der Waals surface area (Å²) in [5.74, 6) is 1.52. The first-order chi connectivity index (χ1) is 21.8. The number of aromatic nitrogens is 5. The smallest absolute Gasteiger partial charge is 0.146 e. The molecule has 0 atom stereocenters. The molecule has 0 saturated heterocycles. The van der Waals surface area contributed by atoms with Crippen LogP contribution in [0.1, 0.15) is 11.1 Å². The van der Waals surface area contributed by atoms with E-state index in [1.807, 2.05) is 48.8 Å².